The van der Waals surface area contributed by atoms with Gasteiger partial charge in [0.25, 0.3) is 5.91 Å². The van der Waals surface area contributed by atoms with E-state index < -0.39 is 35.1 Å². The van der Waals surface area contributed by atoms with Gasteiger partial charge in [-0.15, -0.1) is 0 Å². The number of para-hydroxylation sites is 1. The van der Waals surface area contributed by atoms with E-state index in [0.29, 0.717) is 18.7 Å². The van der Waals surface area contributed by atoms with Crippen LogP contribution in [0.5, 0.6) is 0 Å². The second-order valence-corrected chi connectivity index (χ2v) is 13.3. The molecule has 1 N–H and O–H groups in total. The first-order chi connectivity index (χ1) is 23.3. The molecule has 0 bridgehead atoms. The summed E-state index contributed by atoms with van der Waals surface area (Å²) in [5.41, 5.74) is -0.244. The molecule has 0 radical (unpaired) electrons. The number of likely N-dealkylation sites (tertiary alicyclic amines) is 1. The standard InChI is InChI=1S/C40H37N3O5/c1-39-20-10-22-41(30-16-6-3-7-17-30)36(45)33(39)34-37(46)43(32(26-44)24-27-12-4-2-5-13-27)35-38(47)42(23-11-21-40(34,35)48-39)31-19-18-28-14-8-9-15-29(28)25-31/h2-21,25,32-35,44H,22-24,26H2,1H3/t32-,33+,34+,35?,39-,40+/m1/s1. The van der Waals surface area contributed by atoms with Gasteiger partial charge in [0.15, 0.2) is 0 Å². The zero-order valence-corrected chi connectivity index (χ0v) is 26.7. The summed E-state index contributed by atoms with van der Waals surface area (Å²) in [6, 6.07) is 31.1. The molecule has 8 rings (SSSR count). The lowest BCUT2D eigenvalue weighted by Crippen LogP contribution is -2.59. The maximum absolute atomic E-state index is 15.1. The number of benzene rings is 4. The Labute approximate surface area is 279 Å². The minimum absolute atomic E-state index is 0.232. The maximum Gasteiger partial charge on any atom is 0.253 e. The summed E-state index contributed by atoms with van der Waals surface area (Å²) < 4.78 is 7.04. The first kappa shape index (κ1) is 30.3. The average Bonchev–Trinajstić information content (AvgIpc) is 3.38. The lowest BCUT2D eigenvalue weighted by atomic mass is 9.74. The van der Waals surface area contributed by atoms with Crippen LogP contribution in [0.4, 0.5) is 11.4 Å². The van der Waals surface area contributed by atoms with Crippen LogP contribution in [0.15, 0.2) is 127 Å². The molecule has 0 saturated carbocycles. The van der Waals surface area contributed by atoms with Gasteiger partial charge in [-0.05, 0) is 53.9 Å². The molecule has 8 heteroatoms. The second-order valence-electron chi connectivity index (χ2n) is 13.3. The Bertz CT molecular complexity index is 1960. The minimum Gasteiger partial charge on any atom is -0.394 e. The molecular weight excluding hydrogens is 602 g/mol. The number of anilines is 2. The van der Waals surface area contributed by atoms with Gasteiger partial charge < -0.3 is 24.5 Å². The third kappa shape index (κ3) is 4.62. The average molecular weight is 640 g/mol. The van der Waals surface area contributed by atoms with Gasteiger partial charge >= 0.3 is 0 Å². The minimum atomic E-state index is -1.44. The molecule has 242 valence electrons. The van der Waals surface area contributed by atoms with Gasteiger partial charge in [0, 0.05) is 24.5 Å². The van der Waals surface area contributed by atoms with Crippen molar-refractivity contribution in [3.8, 4) is 0 Å². The summed E-state index contributed by atoms with van der Waals surface area (Å²) in [7, 11) is 0. The van der Waals surface area contributed by atoms with E-state index in [4.69, 9.17) is 4.74 Å². The molecule has 4 heterocycles. The highest BCUT2D eigenvalue weighted by Crippen LogP contribution is 2.58. The zero-order chi connectivity index (χ0) is 33.0. The van der Waals surface area contributed by atoms with E-state index in [9.17, 15) is 9.90 Å². The fraction of sp³-hybridized carbons (Fsp3) is 0.275. The number of fused-ring (bicyclic) bond motifs is 3. The molecule has 0 aromatic heterocycles. The van der Waals surface area contributed by atoms with E-state index in [-0.39, 0.29) is 30.9 Å². The molecule has 4 aliphatic heterocycles. The topological polar surface area (TPSA) is 90.4 Å². The van der Waals surface area contributed by atoms with Crippen LogP contribution in [0, 0.1) is 11.8 Å². The first-order valence-corrected chi connectivity index (χ1v) is 16.5. The molecule has 1 spiro atoms. The second kappa shape index (κ2) is 11.6. The fourth-order valence-electron chi connectivity index (χ4n) is 8.41. The highest BCUT2D eigenvalue weighted by Gasteiger charge is 2.75. The lowest BCUT2D eigenvalue weighted by molar-refractivity contribution is -0.147. The fourth-order valence-corrected chi connectivity index (χ4v) is 8.41. The molecule has 1 unspecified atom stereocenters. The number of aliphatic hydroxyl groups excluding tert-OH is 1. The van der Waals surface area contributed by atoms with Gasteiger partial charge in [-0.1, -0.05) is 103 Å². The van der Waals surface area contributed by atoms with Gasteiger partial charge in [0.2, 0.25) is 11.8 Å². The Hall–Kier alpha value is -5.05. The molecule has 2 fully saturated rings. The Morgan fingerprint density at radius 3 is 2.10 bits per heavy atom. The molecule has 4 aliphatic rings. The highest BCUT2D eigenvalue weighted by atomic mass is 16.5. The van der Waals surface area contributed by atoms with Crippen LogP contribution in [0.2, 0.25) is 0 Å². The third-order valence-electron chi connectivity index (χ3n) is 10.5. The lowest BCUT2D eigenvalue weighted by Gasteiger charge is -2.40. The van der Waals surface area contributed by atoms with Gasteiger partial charge in [-0.3, -0.25) is 14.4 Å². The van der Waals surface area contributed by atoms with E-state index in [1.807, 2.05) is 134 Å². The summed E-state index contributed by atoms with van der Waals surface area (Å²) in [5, 5.41) is 12.9. The molecule has 48 heavy (non-hydrogen) atoms. The summed E-state index contributed by atoms with van der Waals surface area (Å²) in [4.78, 5) is 49.7. The number of aliphatic hydroxyl groups is 1. The Balaban J connectivity index is 1.27. The van der Waals surface area contributed by atoms with Crippen molar-refractivity contribution in [3.63, 3.8) is 0 Å². The van der Waals surface area contributed by atoms with Crippen LogP contribution in [-0.2, 0) is 25.5 Å². The van der Waals surface area contributed by atoms with E-state index in [0.717, 1.165) is 22.0 Å². The van der Waals surface area contributed by atoms with Crippen LogP contribution in [0.25, 0.3) is 10.8 Å². The van der Waals surface area contributed by atoms with Crippen LogP contribution in [-0.4, -0.2) is 70.7 Å². The number of nitrogens with zero attached hydrogens (tertiary/aromatic N) is 3. The van der Waals surface area contributed by atoms with E-state index in [1.54, 1.807) is 9.80 Å². The number of ether oxygens (including phenoxy) is 1. The number of carbonyl (C=O) groups is 3. The largest absolute Gasteiger partial charge is 0.394 e. The van der Waals surface area contributed by atoms with Gasteiger partial charge in [-0.25, -0.2) is 0 Å². The molecular formula is C40H37N3O5. The number of hydrogen-bond donors (Lipinski definition) is 1. The summed E-state index contributed by atoms with van der Waals surface area (Å²) >= 11 is 0. The Kier molecular flexibility index (Phi) is 7.31. The molecule has 4 aromatic rings. The quantitative estimate of drug-likeness (QED) is 0.303. The summed E-state index contributed by atoms with van der Waals surface area (Å²) in [6.07, 6.45) is 7.87. The van der Waals surface area contributed by atoms with Crippen molar-refractivity contribution < 1.29 is 24.2 Å². The van der Waals surface area contributed by atoms with Crippen molar-refractivity contribution in [2.75, 3.05) is 29.5 Å². The predicted octanol–water partition coefficient (Wildman–Crippen LogP) is 4.92. The van der Waals surface area contributed by atoms with Crippen molar-refractivity contribution in [2.24, 2.45) is 11.8 Å². The molecule has 3 amide bonds. The van der Waals surface area contributed by atoms with E-state index >= 15 is 9.59 Å². The van der Waals surface area contributed by atoms with Gasteiger partial charge in [-0.2, -0.15) is 0 Å². The monoisotopic (exact) mass is 639 g/mol. The number of amides is 3. The first-order valence-electron chi connectivity index (χ1n) is 16.5. The van der Waals surface area contributed by atoms with Crippen LogP contribution < -0.4 is 9.80 Å². The molecule has 0 aliphatic carbocycles. The van der Waals surface area contributed by atoms with Crippen molar-refractivity contribution >= 4 is 39.9 Å². The molecule has 8 nitrogen and oxygen atoms in total. The molecule has 4 aromatic carbocycles. The summed E-state index contributed by atoms with van der Waals surface area (Å²) in [5.74, 6) is -2.80. The normalized spacial score (nSPS) is 28.7. The smallest absolute Gasteiger partial charge is 0.253 e. The maximum atomic E-state index is 15.1. The van der Waals surface area contributed by atoms with E-state index in [2.05, 4.69) is 0 Å². The van der Waals surface area contributed by atoms with Crippen molar-refractivity contribution in [3.05, 3.63) is 133 Å². The van der Waals surface area contributed by atoms with Crippen molar-refractivity contribution in [2.45, 2.75) is 36.6 Å². The Morgan fingerprint density at radius 1 is 0.729 bits per heavy atom. The van der Waals surface area contributed by atoms with Crippen LogP contribution in [0.3, 0.4) is 0 Å². The number of hydrogen-bond acceptors (Lipinski definition) is 5. The number of rotatable bonds is 6. The van der Waals surface area contributed by atoms with Crippen molar-refractivity contribution in [1.82, 2.24) is 4.90 Å². The SMILES string of the molecule is C[C@@]12C=CCN(c3ccccc3)C(=O)[C@@H]1[C@H]1C(=O)N([C@@H](CO)Cc3ccccc3)C3C(=O)N(c4ccc5ccccc5c4)CC=C[C@@]31O2. The number of carbonyl (C=O) groups excluding carboxylic acids is 3. The highest BCUT2D eigenvalue weighted by molar-refractivity contribution is 6.08. The Morgan fingerprint density at radius 2 is 1.38 bits per heavy atom. The third-order valence-corrected chi connectivity index (χ3v) is 10.5. The summed E-state index contributed by atoms with van der Waals surface area (Å²) in [6.45, 7) is 2.08. The van der Waals surface area contributed by atoms with E-state index in [1.165, 1.54) is 4.90 Å². The van der Waals surface area contributed by atoms with Crippen LogP contribution in [0.1, 0.15) is 12.5 Å². The molecule has 6 atom stereocenters. The van der Waals surface area contributed by atoms with Crippen LogP contribution >= 0.6 is 0 Å². The van der Waals surface area contributed by atoms with Crippen molar-refractivity contribution in [1.29, 1.82) is 0 Å². The predicted molar refractivity (Wildman–Crippen MR) is 184 cm³/mol. The zero-order valence-electron chi connectivity index (χ0n) is 26.7. The van der Waals surface area contributed by atoms with Gasteiger partial charge in [0.1, 0.15) is 11.6 Å². The van der Waals surface area contributed by atoms with Gasteiger partial charge in [0.05, 0.1) is 30.1 Å². The molecule has 2 saturated heterocycles.